The van der Waals surface area contributed by atoms with Gasteiger partial charge in [0.15, 0.2) is 6.29 Å². The first-order valence-corrected chi connectivity index (χ1v) is 22.3. The lowest BCUT2D eigenvalue weighted by atomic mass is 10.0. The predicted octanol–water partition coefficient (Wildman–Crippen LogP) is 4.74. The number of imidazole rings is 1. The van der Waals surface area contributed by atoms with Gasteiger partial charge in [-0.3, -0.25) is 38.8 Å². The third kappa shape index (κ3) is 9.56. The summed E-state index contributed by atoms with van der Waals surface area (Å²) in [5.74, 6) is 0.178. The maximum atomic E-state index is 13.9. The molecule has 4 N–H and O–H groups in total. The van der Waals surface area contributed by atoms with Gasteiger partial charge in [0.25, 0.3) is 17.7 Å². The number of hydrogen-bond acceptors (Lipinski definition) is 13. The lowest BCUT2D eigenvalue weighted by molar-refractivity contribution is -0.0510. The average molecular weight is 891 g/mol. The van der Waals surface area contributed by atoms with Crippen molar-refractivity contribution in [2.75, 3.05) is 68.1 Å². The molecule has 3 aromatic heterocycles. The fourth-order valence-electron chi connectivity index (χ4n) is 8.59. The molecule has 0 radical (unpaired) electrons. The number of anilines is 3. The number of carbonyl (C=O) groups is 4. The van der Waals surface area contributed by atoms with Gasteiger partial charge >= 0.3 is 0 Å². The molecular formula is C46H58N12O7. The van der Waals surface area contributed by atoms with Crippen LogP contribution in [0.15, 0.2) is 48.6 Å². The third-order valence-electron chi connectivity index (χ3n) is 11.8. The van der Waals surface area contributed by atoms with Crippen molar-refractivity contribution in [2.24, 2.45) is 0 Å². The summed E-state index contributed by atoms with van der Waals surface area (Å²) in [6.07, 6.45) is 5.07. The first-order valence-electron chi connectivity index (χ1n) is 22.3. The lowest BCUT2D eigenvalue weighted by Gasteiger charge is -2.42. The second-order valence-corrected chi connectivity index (χ2v) is 17.0. The van der Waals surface area contributed by atoms with Crippen LogP contribution in [-0.2, 0) is 24.4 Å². The average Bonchev–Trinajstić information content (AvgIpc) is 4.05. The molecule has 6 heterocycles. The zero-order valence-corrected chi connectivity index (χ0v) is 37.9. The second kappa shape index (κ2) is 19.2. The molecule has 0 bridgehead atoms. The van der Waals surface area contributed by atoms with E-state index < -0.39 is 6.29 Å². The first-order chi connectivity index (χ1) is 31.4. The molecule has 1 unspecified atom stereocenters. The number of aldehydes is 1. The Kier molecular flexibility index (Phi) is 13.2. The Morgan fingerprint density at radius 3 is 2.29 bits per heavy atom. The van der Waals surface area contributed by atoms with Crippen molar-refractivity contribution in [2.45, 2.75) is 85.8 Å². The van der Waals surface area contributed by atoms with Crippen LogP contribution in [-0.4, -0.2) is 122 Å². The van der Waals surface area contributed by atoms with Gasteiger partial charge in [0.1, 0.15) is 40.4 Å². The predicted molar refractivity (Wildman–Crippen MR) is 245 cm³/mol. The van der Waals surface area contributed by atoms with Crippen molar-refractivity contribution in [1.29, 1.82) is 0 Å². The number of nitrogens with one attached hydrogen (secondary N) is 4. The lowest BCUT2D eigenvalue weighted by Crippen LogP contribution is -2.53. The molecule has 1 atom stereocenters. The van der Waals surface area contributed by atoms with Crippen LogP contribution in [0.25, 0.3) is 11.0 Å². The molecule has 19 heteroatoms. The largest absolute Gasteiger partial charge is 0.491 e. The van der Waals surface area contributed by atoms with Gasteiger partial charge in [0.05, 0.1) is 49.0 Å². The van der Waals surface area contributed by atoms with E-state index in [1.807, 2.05) is 49.3 Å². The van der Waals surface area contributed by atoms with Gasteiger partial charge in [-0.05, 0) is 84.4 Å². The van der Waals surface area contributed by atoms with Crippen LogP contribution in [0.5, 0.6) is 11.5 Å². The van der Waals surface area contributed by atoms with Crippen molar-refractivity contribution in [3.63, 3.8) is 0 Å². The molecule has 0 spiro atoms. The molecular weight excluding hydrogens is 833 g/mol. The highest BCUT2D eigenvalue weighted by Gasteiger charge is 2.35. The van der Waals surface area contributed by atoms with Crippen molar-refractivity contribution >= 4 is 52.4 Å². The van der Waals surface area contributed by atoms with Crippen LogP contribution in [0, 0.1) is 13.8 Å². The number of carbonyl (C=O) groups excluding carboxylic acids is 4. The SMILES string of the molecule is CCn1nc(C)cc1C(=O)Nc1nc2cc(C=O)cc3c2n1C/C=C/CN1c2c(cc(C(=O)NCCCN4CCOCC4(C)C)cc2OCCCO3)NC1NC(=O)c1cc(C)nn1CC. The minimum Gasteiger partial charge on any atom is -0.491 e. The molecule has 3 amide bonds. The van der Waals surface area contributed by atoms with E-state index in [9.17, 15) is 19.2 Å². The van der Waals surface area contributed by atoms with E-state index in [1.165, 1.54) is 0 Å². The molecule has 1 saturated heterocycles. The van der Waals surface area contributed by atoms with Crippen LogP contribution in [0.1, 0.15) is 93.6 Å². The number of benzene rings is 2. The molecule has 2 aromatic carbocycles. The van der Waals surface area contributed by atoms with Crippen molar-refractivity contribution in [3.8, 4) is 11.5 Å². The molecule has 8 rings (SSSR count). The monoisotopic (exact) mass is 890 g/mol. The van der Waals surface area contributed by atoms with E-state index in [2.05, 4.69) is 50.2 Å². The van der Waals surface area contributed by atoms with Crippen LogP contribution >= 0.6 is 0 Å². The summed E-state index contributed by atoms with van der Waals surface area (Å²) in [5, 5.41) is 21.6. The fourth-order valence-corrected chi connectivity index (χ4v) is 8.59. The number of morpholine rings is 1. The number of nitrogens with zero attached hydrogens (tertiary/aromatic N) is 8. The summed E-state index contributed by atoms with van der Waals surface area (Å²) in [6.45, 7) is 17.3. The van der Waals surface area contributed by atoms with Crippen LogP contribution in [0.2, 0.25) is 0 Å². The molecule has 344 valence electrons. The van der Waals surface area contributed by atoms with E-state index in [0.29, 0.717) is 108 Å². The summed E-state index contributed by atoms with van der Waals surface area (Å²) in [4.78, 5) is 62.8. The van der Waals surface area contributed by atoms with Crippen molar-refractivity contribution < 1.29 is 33.4 Å². The summed E-state index contributed by atoms with van der Waals surface area (Å²) < 4.78 is 23.7. The molecule has 65 heavy (non-hydrogen) atoms. The first kappa shape index (κ1) is 44.9. The number of allylic oxidation sites excluding steroid dienone is 1. The molecule has 3 aliphatic rings. The van der Waals surface area contributed by atoms with Gasteiger partial charge in [-0.1, -0.05) is 12.2 Å². The fraction of sp³-hybridized carbons (Fsp3) is 0.457. The van der Waals surface area contributed by atoms with Crippen LogP contribution < -0.4 is 35.6 Å². The van der Waals surface area contributed by atoms with E-state index in [0.717, 1.165) is 31.5 Å². The Balaban J connectivity index is 1.11. The molecule has 5 aromatic rings. The summed E-state index contributed by atoms with van der Waals surface area (Å²) in [7, 11) is 0. The second-order valence-electron chi connectivity index (χ2n) is 17.0. The van der Waals surface area contributed by atoms with Gasteiger partial charge in [-0.25, -0.2) is 4.98 Å². The summed E-state index contributed by atoms with van der Waals surface area (Å²) in [5.41, 5.74) is 5.28. The van der Waals surface area contributed by atoms with Gasteiger partial charge < -0.3 is 39.6 Å². The Morgan fingerprint density at radius 1 is 0.877 bits per heavy atom. The van der Waals surface area contributed by atoms with E-state index in [1.54, 1.807) is 45.8 Å². The zero-order valence-electron chi connectivity index (χ0n) is 37.9. The summed E-state index contributed by atoms with van der Waals surface area (Å²) >= 11 is 0. The quantitative estimate of drug-likeness (QED) is 0.0761. The molecule has 0 saturated carbocycles. The standard InChI is InChI=1S/C46H58N12O7/c1-7-57-35(21-29(3)52-57)42(61)50-44-48-33-23-31(27-59)24-37-39(33)55(44)15-9-10-16-56-40-34(49-45(56)51-43(62)36-22-30(4)53-58(36)8-2)25-32(26-38(40)65-19-12-18-64-37)41(60)47-13-11-14-54-17-20-63-28-46(54,5)6/h9-10,21-27,45,49H,7-8,11-20,28H2,1-6H3,(H,47,60)(H,51,62)(H,48,50,61)/b10-9+. The Morgan fingerprint density at radius 2 is 1.58 bits per heavy atom. The van der Waals surface area contributed by atoms with Gasteiger partial charge in [0.2, 0.25) is 5.95 Å². The van der Waals surface area contributed by atoms with E-state index >= 15 is 0 Å². The highest BCUT2D eigenvalue weighted by Crippen LogP contribution is 2.43. The smallest absolute Gasteiger partial charge is 0.276 e. The number of hydrogen-bond donors (Lipinski definition) is 4. The normalized spacial score (nSPS) is 17.8. The highest BCUT2D eigenvalue weighted by molar-refractivity contribution is 6.04. The number of amides is 3. The van der Waals surface area contributed by atoms with E-state index in [-0.39, 0.29) is 49.0 Å². The maximum Gasteiger partial charge on any atom is 0.276 e. The molecule has 1 fully saturated rings. The van der Waals surface area contributed by atoms with Gasteiger partial charge in [0, 0.05) is 68.9 Å². The Hall–Kier alpha value is -6.73. The number of ether oxygens (including phenoxy) is 3. The zero-order chi connectivity index (χ0) is 45.8. The van der Waals surface area contributed by atoms with E-state index in [4.69, 9.17) is 19.2 Å². The summed E-state index contributed by atoms with van der Waals surface area (Å²) in [6, 6.07) is 10.3. The minimum atomic E-state index is -0.747. The van der Waals surface area contributed by atoms with Gasteiger partial charge in [-0.15, -0.1) is 0 Å². The topological polar surface area (TPSA) is 204 Å². The Labute approximate surface area is 377 Å². The number of rotatable bonds is 12. The van der Waals surface area contributed by atoms with Crippen molar-refractivity contribution in [3.05, 3.63) is 82.5 Å². The molecule has 19 nitrogen and oxygen atoms in total. The third-order valence-corrected chi connectivity index (χ3v) is 11.8. The maximum absolute atomic E-state index is 13.9. The van der Waals surface area contributed by atoms with Gasteiger partial charge in [-0.2, -0.15) is 10.2 Å². The van der Waals surface area contributed by atoms with Crippen molar-refractivity contribution in [1.82, 2.24) is 44.6 Å². The number of aromatic nitrogens is 6. The number of aryl methyl sites for hydroxylation is 4. The molecule has 0 aliphatic carbocycles. The molecule has 3 aliphatic heterocycles. The highest BCUT2D eigenvalue weighted by atomic mass is 16.5. The Bertz CT molecular complexity index is 2630. The van der Waals surface area contributed by atoms with Crippen LogP contribution in [0.3, 0.4) is 0 Å². The minimum absolute atomic E-state index is 0.0705. The van der Waals surface area contributed by atoms with Crippen LogP contribution in [0.4, 0.5) is 17.3 Å².